The van der Waals surface area contributed by atoms with Crippen LogP contribution in [0.25, 0.3) is 0 Å². The molecule has 1 aromatic rings. The molecule has 0 aromatic heterocycles. The molecule has 0 aliphatic heterocycles. The predicted octanol–water partition coefficient (Wildman–Crippen LogP) is 2.48. The minimum atomic E-state index is -1.37. The Morgan fingerprint density at radius 3 is 2.58 bits per heavy atom. The van der Waals surface area contributed by atoms with Crippen LogP contribution in [0.1, 0.15) is 27.2 Å². The lowest BCUT2D eigenvalue weighted by atomic mass is 10.2. The SMILES string of the molecule is CCNC(C)CC(C)S(=O)c1ccccc1[N+](=O)[O-]. The van der Waals surface area contributed by atoms with Crippen LogP contribution in [-0.4, -0.2) is 27.0 Å². The van der Waals surface area contributed by atoms with Crippen molar-refractivity contribution in [2.75, 3.05) is 6.54 Å². The van der Waals surface area contributed by atoms with Gasteiger partial charge in [0.2, 0.25) is 0 Å². The standard InChI is InChI=1S/C13H20N2O3S/c1-4-14-10(2)9-11(3)19(18)13-8-6-5-7-12(13)15(16)17/h5-8,10-11,14H,4,9H2,1-3H3. The molecule has 19 heavy (non-hydrogen) atoms. The zero-order valence-electron chi connectivity index (χ0n) is 11.5. The van der Waals surface area contributed by atoms with Gasteiger partial charge < -0.3 is 5.32 Å². The van der Waals surface area contributed by atoms with Crippen LogP contribution in [-0.2, 0) is 10.8 Å². The Balaban J connectivity index is 2.85. The fraction of sp³-hybridized carbons (Fsp3) is 0.538. The topological polar surface area (TPSA) is 72.2 Å². The number of nitro benzene ring substituents is 1. The van der Waals surface area contributed by atoms with E-state index in [4.69, 9.17) is 0 Å². The minimum absolute atomic E-state index is 0.0659. The zero-order valence-corrected chi connectivity index (χ0v) is 12.3. The molecule has 106 valence electrons. The van der Waals surface area contributed by atoms with Gasteiger partial charge in [0.05, 0.1) is 15.7 Å². The van der Waals surface area contributed by atoms with E-state index in [0.29, 0.717) is 11.3 Å². The number of hydrogen-bond acceptors (Lipinski definition) is 4. The first-order chi connectivity index (χ1) is 8.97. The third-order valence-corrected chi connectivity index (χ3v) is 4.58. The third-order valence-electron chi connectivity index (χ3n) is 2.88. The molecule has 3 atom stereocenters. The number of para-hydroxylation sites is 1. The van der Waals surface area contributed by atoms with Crippen LogP contribution in [0, 0.1) is 10.1 Å². The quantitative estimate of drug-likeness (QED) is 0.616. The molecule has 0 bridgehead atoms. The van der Waals surface area contributed by atoms with Crippen LogP contribution in [0.4, 0.5) is 5.69 Å². The fourth-order valence-electron chi connectivity index (χ4n) is 2.01. The van der Waals surface area contributed by atoms with Crippen molar-refractivity contribution in [2.45, 2.75) is 43.4 Å². The van der Waals surface area contributed by atoms with Gasteiger partial charge in [-0.15, -0.1) is 0 Å². The monoisotopic (exact) mass is 284 g/mol. The number of hydrogen-bond donors (Lipinski definition) is 1. The molecule has 3 unspecified atom stereocenters. The maximum absolute atomic E-state index is 12.4. The van der Waals surface area contributed by atoms with Gasteiger partial charge in [0.15, 0.2) is 0 Å². The van der Waals surface area contributed by atoms with Crippen molar-refractivity contribution in [1.82, 2.24) is 5.32 Å². The molecule has 0 radical (unpaired) electrons. The highest BCUT2D eigenvalue weighted by atomic mass is 32.2. The van der Waals surface area contributed by atoms with Crippen LogP contribution in [0.5, 0.6) is 0 Å². The normalized spacial score (nSPS) is 15.7. The molecule has 1 rings (SSSR count). The number of rotatable bonds is 7. The predicted molar refractivity (Wildman–Crippen MR) is 76.7 cm³/mol. The molecule has 5 nitrogen and oxygen atoms in total. The highest BCUT2D eigenvalue weighted by Gasteiger charge is 2.23. The molecule has 0 saturated heterocycles. The summed E-state index contributed by atoms with van der Waals surface area (Å²) in [5.74, 6) is 0. The number of nitro groups is 1. The molecule has 0 spiro atoms. The second-order valence-corrected chi connectivity index (χ2v) is 6.37. The van der Waals surface area contributed by atoms with Crippen LogP contribution in [0.2, 0.25) is 0 Å². The molecule has 0 fully saturated rings. The highest BCUT2D eigenvalue weighted by Crippen LogP contribution is 2.24. The van der Waals surface area contributed by atoms with Gasteiger partial charge in [-0.25, -0.2) is 0 Å². The summed E-state index contributed by atoms with van der Waals surface area (Å²) in [6, 6.07) is 6.48. The summed E-state index contributed by atoms with van der Waals surface area (Å²) < 4.78 is 12.4. The maximum Gasteiger partial charge on any atom is 0.285 e. The van der Waals surface area contributed by atoms with Gasteiger partial charge in [0.25, 0.3) is 5.69 Å². The van der Waals surface area contributed by atoms with E-state index in [9.17, 15) is 14.3 Å². The van der Waals surface area contributed by atoms with Gasteiger partial charge in [-0.3, -0.25) is 14.3 Å². The van der Waals surface area contributed by atoms with E-state index >= 15 is 0 Å². The van der Waals surface area contributed by atoms with Crippen molar-refractivity contribution in [3.8, 4) is 0 Å². The smallest absolute Gasteiger partial charge is 0.285 e. The van der Waals surface area contributed by atoms with E-state index in [1.54, 1.807) is 18.2 Å². The molecular formula is C13H20N2O3S. The second kappa shape index (κ2) is 7.35. The van der Waals surface area contributed by atoms with E-state index in [0.717, 1.165) is 6.54 Å². The third kappa shape index (κ3) is 4.40. The molecule has 0 amide bonds. The number of benzene rings is 1. The van der Waals surface area contributed by atoms with Crippen LogP contribution in [0.15, 0.2) is 29.2 Å². The van der Waals surface area contributed by atoms with E-state index in [1.165, 1.54) is 6.07 Å². The van der Waals surface area contributed by atoms with Crippen molar-refractivity contribution in [3.63, 3.8) is 0 Å². The molecule has 0 aliphatic rings. The van der Waals surface area contributed by atoms with Crippen LogP contribution >= 0.6 is 0 Å². The Morgan fingerprint density at radius 1 is 1.37 bits per heavy atom. The molecule has 1 aromatic carbocycles. The summed E-state index contributed by atoms with van der Waals surface area (Å²) in [5.41, 5.74) is -0.0659. The van der Waals surface area contributed by atoms with Crippen molar-refractivity contribution >= 4 is 16.5 Å². The Labute approximate surface area is 116 Å². The molecular weight excluding hydrogens is 264 g/mol. The molecule has 0 saturated carbocycles. The van der Waals surface area contributed by atoms with Gasteiger partial charge in [-0.1, -0.05) is 26.0 Å². The Hall–Kier alpha value is -1.27. The van der Waals surface area contributed by atoms with Gasteiger partial charge >= 0.3 is 0 Å². The average Bonchev–Trinajstić information content (AvgIpc) is 2.37. The fourth-order valence-corrected chi connectivity index (χ4v) is 3.47. The Bertz CT molecular complexity index is 465. The van der Waals surface area contributed by atoms with Crippen molar-refractivity contribution in [3.05, 3.63) is 34.4 Å². The van der Waals surface area contributed by atoms with Gasteiger partial charge in [0.1, 0.15) is 4.90 Å². The van der Waals surface area contributed by atoms with Crippen LogP contribution in [0.3, 0.4) is 0 Å². The Morgan fingerprint density at radius 2 is 2.00 bits per heavy atom. The van der Waals surface area contributed by atoms with Gasteiger partial charge in [-0.05, 0) is 26.0 Å². The number of nitrogens with one attached hydrogen (secondary N) is 1. The molecule has 0 aliphatic carbocycles. The summed E-state index contributed by atoms with van der Waals surface area (Å²) in [6.07, 6.45) is 0.715. The van der Waals surface area contributed by atoms with Crippen molar-refractivity contribution < 1.29 is 9.13 Å². The first kappa shape index (κ1) is 15.8. The van der Waals surface area contributed by atoms with E-state index in [2.05, 4.69) is 5.32 Å². The average molecular weight is 284 g/mol. The summed E-state index contributed by atoms with van der Waals surface area (Å²) in [7, 11) is -1.37. The summed E-state index contributed by atoms with van der Waals surface area (Å²) in [4.78, 5) is 10.8. The molecule has 6 heteroatoms. The van der Waals surface area contributed by atoms with E-state index in [-0.39, 0.29) is 17.0 Å². The largest absolute Gasteiger partial charge is 0.314 e. The lowest BCUT2D eigenvalue weighted by molar-refractivity contribution is -0.387. The number of nitrogens with zero attached hydrogens (tertiary/aromatic N) is 1. The lowest BCUT2D eigenvalue weighted by Crippen LogP contribution is -2.30. The Kier molecular flexibility index (Phi) is 6.11. The van der Waals surface area contributed by atoms with Crippen molar-refractivity contribution in [1.29, 1.82) is 0 Å². The zero-order chi connectivity index (χ0) is 14.4. The van der Waals surface area contributed by atoms with Gasteiger partial charge in [-0.2, -0.15) is 0 Å². The summed E-state index contributed by atoms with van der Waals surface area (Å²) >= 11 is 0. The van der Waals surface area contributed by atoms with Crippen molar-refractivity contribution in [2.24, 2.45) is 0 Å². The first-order valence-electron chi connectivity index (χ1n) is 6.34. The van der Waals surface area contributed by atoms with Crippen LogP contribution < -0.4 is 5.32 Å². The molecule has 0 heterocycles. The molecule has 1 N–H and O–H groups in total. The maximum atomic E-state index is 12.4. The van der Waals surface area contributed by atoms with E-state index < -0.39 is 15.7 Å². The highest BCUT2D eigenvalue weighted by molar-refractivity contribution is 7.85. The van der Waals surface area contributed by atoms with Gasteiger partial charge in [0, 0.05) is 17.4 Å². The summed E-state index contributed by atoms with van der Waals surface area (Å²) in [6.45, 7) is 6.75. The lowest BCUT2D eigenvalue weighted by Gasteiger charge is -2.17. The summed E-state index contributed by atoms with van der Waals surface area (Å²) in [5, 5.41) is 14.1. The van der Waals surface area contributed by atoms with E-state index in [1.807, 2.05) is 20.8 Å². The minimum Gasteiger partial charge on any atom is -0.314 e. The first-order valence-corrected chi connectivity index (χ1v) is 7.56. The second-order valence-electron chi connectivity index (χ2n) is 4.53.